The average molecular weight is 206 g/mol. The van der Waals surface area contributed by atoms with Gasteiger partial charge in [-0.25, -0.2) is 0 Å². The molecular formula is C10H13NNi. The summed E-state index contributed by atoms with van der Waals surface area (Å²) >= 11 is 4.46. The number of nitrogens with zero attached hydrogens (tertiary/aromatic N) is 1. The summed E-state index contributed by atoms with van der Waals surface area (Å²) in [5.41, 5.74) is 3.56. The second kappa shape index (κ2) is 4.52. The minimum absolute atomic E-state index is 1.01. The van der Waals surface area contributed by atoms with Gasteiger partial charge in [0.15, 0.2) is 0 Å². The molecule has 0 aliphatic heterocycles. The maximum absolute atomic E-state index is 4.46. The predicted molar refractivity (Wildman–Crippen MR) is 47.3 cm³/mol. The van der Waals surface area contributed by atoms with E-state index in [1.807, 2.05) is 0 Å². The van der Waals surface area contributed by atoms with E-state index in [4.69, 9.17) is 0 Å². The Balaban J connectivity index is 3.21. The van der Waals surface area contributed by atoms with Gasteiger partial charge < -0.3 is 0 Å². The van der Waals surface area contributed by atoms with Crippen LogP contribution in [0, 0.1) is 0 Å². The van der Waals surface area contributed by atoms with Gasteiger partial charge in [0.1, 0.15) is 0 Å². The van der Waals surface area contributed by atoms with E-state index in [-0.39, 0.29) is 0 Å². The van der Waals surface area contributed by atoms with E-state index in [2.05, 4.69) is 51.3 Å². The zero-order valence-corrected chi connectivity index (χ0v) is 8.40. The topological polar surface area (TPSA) is 12.4 Å². The van der Waals surface area contributed by atoms with Crippen LogP contribution in [0.5, 0.6) is 0 Å². The standard InChI is InChI=1S/C10H13N.Ni/c1-3-8-6-5-7-9(4-2)10(8)11;/h5-7H,3-4H2,1-2H3;. The van der Waals surface area contributed by atoms with E-state index < -0.39 is 0 Å². The number of benzene rings is 1. The molecule has 1 nitrogen and oxygen atoms in total. The number of hydrogen-bond donors (Lipinski definition) is 0. The van der Waals surface area contributed by atoms with Crippen LogP contribution in [0.2, 0.25) is 0 Å². The van der Waals surface area contributed by atoms with E-state index in [0.717, 1.165) is 18.5 Å². The van der Waals surface area contributed by atoms with Crippen molar-refractivity contribution in [3.05, 3.63) is 29.3 Å². The van der Waals surface area contributed by atoms with Crippen LogP contribution in [0.25, 0.3) is 0 Å². The van der Waals surface area contributed by atoms with Crippen molar-refractivity contribution in [1.82, 2.24) is 0 Å². The van der Waals surface area contributed by atoms with E-state index in [9.17, 15) is 0 Å². The van der Waals surface area contributed by atoms with E-state index in [0.29, 0.717) is 0 Å². The van der Waals surface area contributed by atoms with Gasteiger partial charge in [-0.1, -0.05) is 0 Å². The molecule has 2 heteroatoms. The second-order valence-electron chi connectivity index (χ2n) is 2.70. The molecule has 0 aliphatic rings. The Morgan fingerprint density at radius 3 is 2.00 bits per heavy atom. The molecule has 68 valence electrons. The number of hydrogen-bond acceptors (Lipinski definition) is 1. The molecule has 1 aromatic carbocycles. The fourth-order valence-electron chi connectivity index (χ4n) is 1.31. The maximum atomic E-state index is 4.46. The molecule has 0 N–H and O–H groups in total. The van der Waals surface area contributed by atoms with Crippen molar-refractivity contribution in [2.45, 2.75) is 26.7 Å². The van der Waals surface area contributed by atoms with Gasteiger partial charge in [-0.3, -0.25) is 0 Å². The van der Waals surface area contributed by atoms with Crippen LogP contribution in [-0.4, -0.2) is 0 Å². The Hall–Kier alpha value is -0.486. The predicted octanol–water partition coefficient (Wildman–Crippen LogP) is 3.17. The Kier molecular flexibility index (Phi) is 3.61. The van der Waals surface area contributed by atoms with Gasteiger partial charge in [0.25, 0.3) is 0 Å². The Morgan fingerprint density at radius 2 is 1.67 bits per heavy atom. The van der Waals surface area contributed by atoms with Crippen molar-refractivity contribution in [3.63, 3.8) is 0 Å². The van der Waals surface area contributed by atoms with Gasteiger partial charge in [0, 0.05) is 0 Å². The van der Waals surface area contributed by atoms with E-state index in [1.54, 1.807) is 0 Å². The molecule has 0 radical (unpaired) electrons. The Morgan fingerprint density at radius 1 is 1.17 bits per heavy atom. The van der Waals surface area contributed by atoms with E-state index in [1.165, 1.54) is 11.1 Å². The molecule has 1 aromatic rings. The zero-order valence-electron chi connectivity index (χ0n) is 7.41. The molecule has 0 aromatic heterocycles. The van der Waals surface area contributed by atoms with Crippen LogP contribution in [0.1, 0.15) is 25.0 Å². The first kappa shape index (κ1) is 9.60. The summed E-state index contributed by atoms with van der Waals surface area (Å²) in [4.78, 5) is 0. The first-order chi connectivity index (χ1) is 5.83. The minimum atomic E-state index is 1.01. The molecule has 0 amide bonds. The SMILES string of the molecule is CCc1cccc(CC)c1[N]=[Ni]. The van der Waals surface area contributed by atoms with Crippen LogP contribution < -0.4 is 0 Å². The van der Waals surface area contributed by atoms with Crippen molar-refractivity contribution < 1.29 is 15.3 Å². The van der Waals surface area contributed by atoms with Crippen molar-refractivity contribution in [1.29, 1.82) is 0 Å². The fourth-order valence-corrected chi connectivity index (χ4v) is 1.59. The van der Waals surface area contributed by atoms with Gasteiger partial charge in [-0.15, -0.1) is 0 Å². The molecular weight excluding hydrogens is 193 g/mol. The van der Waals surface area contributed by atoms with Gasteiger partial charge in [-0.05, 0) is 0 Å². The van der Waals surface area contributed by atoms with Crippen molar-refractivity contribution >= 4 is 5.69 Å². The fraction of sp³-hybridized carbons (Fsp3) is 0.400. The molecule has 0 fully saturated rings. The quantitative estimate of drug-likeness (QED) is 0.673. The third kappa shape index (κ3) is 1.81. The summed E-state index contributed by atoms with van der Waals surface area (Å²) in [5.74, 6) is 0. The second-order valence-corrected chi connectivity index (χ2v) is 2.92. The molecule has 12 heavy (non-hydrogen) atoms. The van der Waals surface area contributed by atoms with Gasteiger partial charge in [0.05, 0.1) is 0 Å². The van der Waals surface area contributed by atoms with Gasteiger partial charge >= 0.3 is 81.0 Å². The molecule has 0 aliphatic carbocycles. The van der Waals surface area contributed by atoms with Crippen LogP contribution in [-0.2, 0) is 28.1 Å². The molecule has 0 bridgehead atoms. The van der Waals surface area contributed by atoms with Crippen molar-refractivity contribution in [2.75, 3.05) is 0 Å². The molecule has 0 atom stereocenters. The first-order valence-electron chi connectivity index (χ1n) is 4.23. The third-order valence-electron chi connectivity index (χ3n) is 2.04. The summed E-state index contributed by atoms with van der Waals surface area (Å²) in [7, 11) is 0. The number of aryl methyl sites for hydroxylation is 2. The van der Waals surface area contributed by atoms with Crippen LogP contribution >= 0.6 is 0 Å². The van der Waals surface area contributed by atoms with Crippen LogP contribution in [0.3, 0.4) is 0 Å². The van der Waals surface area contributed by atoms with Crippen molar-refractivity contribution in [2.24, 2.45) is 4.03 Å². The molecule has 0 spiro atoms. The van der Waals surface area contributed by atoms with Crippen molar-refractivity contribution in [3.8, 4) is 0 Å². The van der Waals surface area contributed by atoms with Crippen LogP contribution in [0.15, 0.2) is 22.2 Å². The first-order valence-corrected chi connectivity index (χ1v) is 4.67. The Bertz CT molecular complexity index is 259. The molecule has 0 saturated carbocycles. The monoisotopic (exact) mass is 205 g/mol. The summed E-state index contributed by atoms with van der Waals surface area (Å²) < 4.78 is 3.94. The van der Waals surface area contributed by atoms with E-state index >= 15 is 0 Å². The normalized spacial score (nSPS) is 10.0. The summed E-state index contributed by atoms with van der Waals surface area (Å²) in [6.45, 7) is 4.26. The molecule has 0 saturated heterocycles. The average Bonchev–Trinajstić information content (AvgIpc) is 2.16. The summed E-state index contributed by atoms with van der Waals surface area (Å²) in [5, 5.41) is 0. The molecule has 1 rings (SSSR count). The molecule has 0 heterocycles. The van der Waals surface area contributed by atoms with Gasteiger partial charge in [0.2, 0.25) is 0 Å². The van der Waals surface area contributed by atoms with Crippen LogP contribution in [0.4, 0.5) is 5.69 Å². The third-order valence-corrected chi connectivity index (χ3v) is 2.26. The Labute approximate surface area is 81.3 Å². The molecule has 0 unspecified atom stereocenters. The zero-order chi connectivity index (χ0) is 8.97. The number of rotatable bonds is 3. The summed E-state index contributed by atoms with van der Waals surface area (Å²) in [6, 6.07) is 6.26. The summed E-state index contributed by atoms with van der Waals surface area (Å²) in [6.07, 6.45) is 2.02. The van der Waals surface area contributed by atoms with Gasteiger partial charge in [-0.2, -0.15) is 0 Å².